The van der Waals surface area contributed by atoms with Crippen LogP contribution in [0.15, 0.2) is 53.6 Å². The minimum Gasteiger partial charge on any atom is -0.481 e. The quantitative estimate of drug-likeness (QED) is 0.649. The number of hydrogen-bond acceptors (Lipinski definition) is 4. The summed E-state index contributed by atoms with van der Waals surface area (Å²) >= 11 is 0. The third-order valence-corrected chi connectivity index (χ3v) is 5.01. The van der Waals surface area contributed by atoms with Crippen molar-refractivity contribution in [1.82, 2.24) is 4.98 Å². The van der Waals surface area contributed by atoms with Gasteiger partial charge in [0, 0.05) is 11.6 Å². The Morgan fingerprint density at radius 2 is 2.00 bits per heavy atom. The number of nitrogens with one attached hydrogen (secondary N) is 2. The largest absolute Gasteiger partial charge is 0.481 e. The summed E-state index contributed by atoms with van der Waals surface area (Å²) in [6.45, 7) is 0. The van der Waals surface area contributed by atoms with Gasteiger partial charge < -0.3 is 10.1 Å². The lowest BCUT2D eigenvalue weighted by Crippen LogP contribution is -2.14. The predicted molar refractivity (Wildman–Crippen MR) is 91.6 cm³/mol. The van der Waals surface area contributed by atoms with Gasteiger partial charge in [0.15, 0.2) is 0 Å². The lowest BCUT2D eigenvalue weighted by molar-refractivity contribution is -0.136. The molecule has 7 nitrogen and oxygen atoms in total. The van der Waals surface area contributed by atoms with Crippen LogP contribution < -0.4 is 4.72 Å². The number of aliphatic carboxylic acids is 1. The molecular weight excluding hydrogens is 342 g/mol. The average molecular weight is 355 g/mol. The Balaban J connectivity index is 1.99. The van der Waals surface area contributed by atoms with Crippen LogP contribution in [0.5, 0.6) is 0 Å². The SMILES string of the molecule is N#Cc1c[nH]c2c(NS(=O)(=O)c3cccc(CC(=O)O)c3)cccc12. The van der Waals surface area contributed by atoms with Gasteiger partial charge in [-0.2, -0.15) is 5.26 Å². The molecular formula is C17H13N3O4S. The van der Waals surface area contributed by atoms with E-state index in [4.69, 9.17) is 10.4 Å². The zero-order valence-electron chi connectivity index (χ0n) is 12.9. The predicted octanol–water partition coefficient (Wildman–Crippen LogP) is 2.47. The van der Waals surface area contributed by atoms with Gasteiger partial charge in [-0.25, -0.2) is 8.42 Å². The number of carboxylic acids is 1. The highest BCUT2D eigenvalue weighted by Gasteiger charge is 2.17. The van der Waals surface area contributed by atoms with E-state index in [-0.39, 0.29) is 11.3 Å². The van der Waals surface area contributed by atoms with Crippen molar-refractivity contribution in [3.63, 3.8) is 0 Å². The molecule has 0 bridgehead atoms. The number of fused-ring (bicyclic) bond motifs is 1. The number of H-pyrrole nitrogens is 1. The fourth-order valence-electron chi connectivity index (χ4n) is 2.53. The molecule has 1 heterocycles. The van der Waals surface area contributed by atoms with Crippen molar-refractivity contribution in [2.24, 2.45) is 0 Å². The standard InChI is InChI=1S/C17H13N3O4S/c18-9-12-10-19-17-14(12)5-2-6-15(17)20-25(23,24)13-4-1-3-11(7-13)8-16(21)22/h1-7,10,19-20H,8H2,(H,21,22). The Morgan fingerprint density at radius 1 is 1.24 bits per heavy atom. The number of rotatable bonds is 5. The maximum atomic E-state index is 12.6. The molecule has 8 heteroatoms. The molecule has 3 N–H and O–H groups in total. The van der Waals surface area contributed by atoms with Crippen LogP contribution in [0.2, 0.25) is 0 Å². The zero-order chi connectivity index (χ0) is 18.0. The van der Waals surface area contributed by atoms with Crippen LogP contribution in [0.25, 0.3) is 10.9 Å². The summed E-state index contributed by atoms with van der Waals surface area (Å²) in [6, 6.07) is 12.7. The van der Waals surface area contributed by atoms with Gasteiger partial charge in [-0.1, -0.05) is 24.3 Å². The number of carbonyl (C=O) groups is 1. The highest BCUT2D eigenvalue weighted by atomic mass is 32.2. The van der Waals surface area contributed by atoms with E-state index in [1.165, 1.54) is 24.4 Å². The molecule has 25 heavy (non-hydrogen) atoms. The van der Waals surface area contributed by atoms with Gasteiger partial charge in [-0.3, -0.25) is 9.52 Å². The molecule has 126 valence electrons. The van der Waals surface area contributed by atoms with Crippen molar-refractivity contribution >= 4 is 32.6 Å². The molecule has 3 aromatic rings. The molecule has 0 radical (unpaired) electrons. The number of benzene rings is 2. The van der Waals surface area contributed by atoms with Gasteiger partial charge in [0.2, 0.25) is 0 Å². The number of para-hydroxylation sites is 1. The number of hydrogen-bond donors (Lipinski definition) is 3. The van der Waals surface area contributed by atoms with E-state index in [2.05, 4.69) is 9.71 Å². The first-order valence-corrected chi connectivity index (χ1v) is 8.73. The van der Waals surface area contributed by atoms with Crippen molar-refractivity contribution in [2.45, 2.75) is 11.3 Å². The number of nitriles is 1. The molecule has 0 fully saturated rings. The highest BCUT2D eigenvalue weighted by Crippen LogP contribution is 2.27. The number of anilines is 1. The van der Waals surface area contributed by atoms with E-state index < -0.39 is 16.0 Å². The Hall–Kier alpha value is -3.31. The van der Waals surface area contributed by atoms with Gasteiger partial charge in [-0.15, -0.1) is 0 Å². The van der Waals surface area contributed by atoms with Crippen molar-refractivity contribution in [2.75, 3.05) is 4.72 Å². The Labute approximate surface area is 143 Å². The van der Waals surface area contributed by atoms with E-state index in [0.29, 0.717) is 27.7 Å². The minimum absolute atomic E-state index is 0.0321. The molecule has 0 saturated heterocycles. The lowest BCUT2D eigenvalue weighted by atomic mass is 10.2. The van der Waals surface area contributed by atoms with Crippen LogP contribution in [0.4, 0.5) is 5.69 Å². The molecule has 2 aromatic carbocycles. The van der Waals surface area contributed by atoms with Crippen LogP contribution in [0, 0.1) is 11.3 Å². The fraction of sp³-hybridized carbons (Fsp3) is 0.0588. The fourth-order valence-corrected chi connectivity index (χ4v) is 3.67. The molecule has 0 saturated carbocycles. The molecule has 0 amide bonds. The van der Waals surface area contributed by atoms with E-state index >= 15 is 0 Å². The lowest BCUT2D eigenvalue weighted by Gasteiger charge is -2.10. The number of aromatic amines is 1. The van der Waals surface area contributed by atoms with Crippen LogP contribution >= 0.6 is 0 Å². The maximum Gasteiger partial charge on any atom is 0.307 e. The van der Waals surface area contributed by atoms with E-state index in [1.54, 1.807) is 24.3 Å². The van der Waals surface area contributed by atoms with E-state index in [1.807, 2.05) is 6.07 Å². The normalized spacial score (nSPS) is 11.2. The second kappa shape index (κ2) is 6.30. The summed E-state index contributed by atoms with van der Waals surface area (Å²) in [4.78, 5) is 13.7. The highest BCUT2D eigenvalue weighted by molar-refractivity contribution is 7.92. The van der Waals surface area contributed by atoms with E-state index in [0.717, 1.165) is 0 Å². The second-order valence-corrected chi connectivity index (χ2v) is 7.05. The van der Waals surface area contributed by atoms with Gasteiger partial charge in [-0.05, 0) is 23.8 Å². The van der Waals surface area contributed by atoms with Crippen LogP contribution in [-0.2, 0) is 21.2 Å². The first-order valence-electron chi connectivity index (χ1n) is 7.24. The smallest absolute Gasteiger partial charge is 0.307 e. The summed E-state index contributed by atoms with van der Waals surface area (Å²) in [5.41, 5.74) is 1.62. The summed E-state index contributed by atoms with van der Waals surface area (Å²) in [5, 5.41) is 18.5. The molecule has 3 rings (SSSR count). The third-order valence-electron chi connectivity index (χ3n) is 3.64. The monoisotopic (exact) mass is 355 g/mol. The zero-order valence-corrected chi connectivity index (χ0v) is 13.7. The minimum atomic E-state index is -3.91. The molecule has 1 aromatic heterocycles. The third kappa shape index (κ3) is 3.32. The molecule has 0 unspecified atom stereocenters. The van der Waals surface area contributed by atoms with Crippen molar-refractivity contribution < 1.29 is 18.3 Å². The van der Waals surface area contributed by atoms with Crippen LogP contribution in [0.1, 0.15) is 11.1 Å². The van der Waals surface area contributed by atoms with E-state index in [9.17, 15) is 13.2 Å². The Morgan fingerprint density at radius 3 is 2.72 bits per heavy atom. The van der Waals surface area contributed by atoms with Gasteiger partial charge in [0.1, 0.15) is 6.07 Å². The van der Waals surface area contributed by atoms with Crippen molar-refractivity contribution in [1.29, 1.82) is 5.26 Å². The Bertz CT molecular complexity index is 1110. The van der Waals surface area contributed by atoms with Crippen molar-refractivity contribution in [3.05, 3.63) is 59.8 Å². The number of sulfonamides is 1. The second-order valence-electron chi connectivity index (χ2n) is 5.37. The van der Waals surface area contributed by atoms with Gasteiger partial charge in [0.05, 0.1) is 28.1 Å². The number of aromatic nitrogens is 1. The topological polar surface area (TPSA) is 123 Å². The summed E-state index contributed by atoms with van der Waals surface area (Å²) in [7, 11) is -3.91. The molecule has 0 aliphatic rings. The number of nitrogens with zero attached hydrogens (tertiary/aromatic N) is 1. The van der Waals surface area contributed by atoms with Crippen LogP contribution in [0.3, 0.4) is 0 Å². The van der Waals surface area contributed by atoms with Crippen LogP contribution in [-0.4, -0.2) is 24.5 Å². The molecule has 0 spiro atoms. The van der Waals surface area contributed by atoms with Gasteiger partial charge in [0.25, 0.3) is 10.0 Å². The molecule has 0 aliphatic carbocycles. The Kier molecular flexibility index (Phi) is 4.17. The summed E-state index contributed by atoms with van der Waals surface area (Å²) in [6.07, 6.45) is 1.25. The first kappa shape index (κ1) is 16.5. The molecule has 0 atom stereocenters. The summed E-state index contributed by atoms with van der Waals surface area (Å²) < 4.78 is 27.7. The van der Waals surface area contributed by atoms with Crippen molar-refractivity contribution in [3.8, 4) is 6.07 Å². The average Bonchev–Trinajstić information content (AvgIpc) is 2.98. The molecule has 0 aliphatic heterocycles. The summed E-state index contributed by atoms with van der Waals surface area (Å²) in [5.74, 6) is -1.04. The first-order chi connectivity index (χ1) is 11.9. The number of carboxylic acid groups (broad SMARTS) is 1. The van der Waals surface area contributed by atoms with Gasteiger partial charge >= 0.3 is 5.97 Å². The maximum absolute atomic E-state index is 12.6.